The quantitative estimate of drug-likeness (QED) is 0.857. The van der Waals surface area contributed by atoms with Gasteiger partial charge in [0.15, 0.2) is 0 Å². The number of aliphatic carboxylic acids is 1. The monoisotopic (exact) mass is 281 g/mol. The Hall–Kier alpha value is -2.02. The van der Waals surface area contributed by atoms with Gasteiger partial charge in [-0.15, -0.1) is 0 Å². The van der Waals surface area contributed by atoms with Gasteiger partial charge in [0.25, 0.3) is 0 Å². The van der Waals surface area contributed by atoms with Gasteiger partial charge in [0.05, 0.1) is 6.61 Å². The van der Waals surface area contributed by atoms with Crippen LogP contribution in [0.15, 0.2) is 18.3 Å². The summed E-state index contributed by atoms with van der Waals surface area (Å²) >= 11 is 0. The van der Waals surface area contributed by atoms with E-state index in [9.17, 15) is 14.7 Å². The summed E-state index contributed by atoms with van der Waals surface area (Å²) in [4.78, 5) is 29.4. The van der Waals surface area contributed by atoms with Crippen LogP contribution in [0.2, 0.25) is 0 Å². The Morgan fingerprint density at radius 3 is 2.60 bits per heavy atom. The molecule has 7 nitrogen and oxygen atoms in total. The number of aromatic nitrogens is 1. The lowest BCUT2D eigenvalue weighted by Gasteiger charge is -2.36. The van der Waals surface area contributed by atoms with Crippen LogP contribution in [-0.2, 0) is 9.53 Å². The summed E-state index contributed by atoms with van der Waals surface area (Å²) in [5.41, 5.74) is 0.655. The summed E-state index contributed by atoms with van der Waals surface area (Å²) < 4.78 is 4.94. The van der Waals surface area contributed by atoms with Crippen molar-refractivity contribution in [3.8, 4) is 0 Å². The number of rotatable bonds is 4. The highest BCUT2D eigenvalue weighted by molar-refractivity contribution is 5.75. The molecular formula is C13H19N3O4. The first kappa shape index (κ1) is 14.4. The standard InChI is InChI=1S/C13H19N3O4/c1-2-20-13(19)16-8-6-15(7-9-16)11(12(17)18)10-4-3-5-14-10/h3-5,11,14H,2,6-9H2,1H3,(H,17,18). The number of carbonyl (C=O) groups is 2. The minimum atomic E-state index is -0.892. The molecule has 2 N–H and O–H groups in total. The van der Waals surface area contributed by atoms with E-state index >= 15 is 0 Å². The maximum absolute atomic E-state index is 11.6. The Morgan fingerprint density at radius 1 is 1.40 bits per heavy atom. The smallest absolute Gasteiger partial charge is 0.409 e. The summed E-state index contributed by atoms with van der Waals surface area (Å²) in [6, 6.07) is 2.84. The highest BCUT2D eigenvalue weighted by atomic mass is 16.6. The number of carboxylic acid groups (broad SMARTS) is 1. The largest absolute Gasteiger partial charge is 0.480 e. The Labute approximate surface area is 117 Å². The number of nitrogens with one attached hydrogen (secondary N) is 1. The first-order chi connectivity index (χ1) is 9.63. The van der Waals surface area contributed by atoms with Gasteiger partial charge in [-0.25, -0.2) is 4.79 Å². The van der Waals surface area contributed by atoms with Crippen LogP contribution >= 0.6 is 0 Å². The van der Waals surface area contributed by atoms with Gasteiger partial charge in [0, 0.05) is 38.1 Å². The van der Waals surface area contributed by atoms with Gasteiger partial charge < -0.3 is 19.7 Å². The van der Waals surface area contributed by atoms with Gasteiger partial charge in [-0.1, -0.05) is 0 Å². The van der Waals surface area contributed by atoms with E-state index in [1.54, 1.807) is 30.2 Å². The summed E-state index contributed by atoms with van der Waals surface area (Å²) in [5, 5.41) is 9.39. The molecule has 0 aliphatic carbocycles. The number of amides is 1. The zero-order chi connectivity index (χ0) is 14.5. The molecule has 1 unspecified atom stereocenters. The second kappa shape index (κ2) is 6.42. The van der Waals surface area contributed by atoms with Gasteiger partial charge in [0.1, 0.15) is 6.04 Å². The molecule has 0 saturated carbocycles. The second-order valence-electron chi connectivity index (χ2n) is 4.59. The van der Waals surface area contributed by atoms with Gasteiger partial charge in [-0.2, -0.15) is 0 Å². The number of carbonyl (C=O) groups excluding carboxylic acids is 1. The zero-order valence-corrected chi connectivity index (χ0v) is 11.4. The summed E-state index contributed by atoms with van der Waals surface area (Å²) in [6.07, 6.45) is 1.37. The van der Waals surface area contributed by atoms with Crippen LogP contribution in [0.3, 0.4) is 0 Å². The van der Waals surface area contributed by atoms with Crippen molar-refractivity contribution in [2.45, 2.75) is 13.0 Å². The third kappa shape index (κ3) is 3.11. The highest BCUT2D eigenvalue weighted by Crippen LogP contribution is 2.21. The molecule has 1 saturated heterocycles. The molecule has 20 heavy (non-hydrogen) atoms. The van der Waals surface area contributed by atoms with Crippen LogP contribution in [0.4, 0.5) is 4.79 Å². The van der Waals surface area contributed by atoms with E-state index in [4.69, 9.17) is 4.74 Å². The van der Waals surface area contributed by atoms with E-state index in [0.29, 0.717) is 38.5 Å². The number of piperazine rings is 1. The van der Waals surface area contributed by atoms with Crippen LogP contribution in [0, 0.1) is 0 Å². The third-order valence-electron chi connectivity index (χ3n) is 3.36. The molecule has 7 heteroatoms. The van der Waals surface area contributed by atoms with E-state index in [1.807, 2.05) is 4.90 Å². The van der Waals surface area contributed by atoms with E-state index < -0.39 is 12.0 Å². The Bertz CT molecular complexity index is 452. The molecule has 1 fully saturated rings. The fourth-order valence-electron chi connectivity index (χ4n) is 2.38. The maximum Gasteiger partial charge on any atom is 0.409 e. The molecule has 1 aliphatic rings. The van der Waals surface area contributed by atoms with Gasteiger partial charge >= 0.3 is 12.1 Å². The molecule has 0 radical (unpaired) electrons. The Kier molecular flexibility index (Phi) is 4.62. The van der Waals surface area contributed by atoms with E-state index in [1.165, 1.54) is 0 Å². The fourth-order valence-corrected chi connectivity index (χ4v) is 2.38. The van der Waals surface area contributed by atoms with Crippen LogP contribution in [0.1, 0.15) is 18.7 Å². The molecule has 2 heterocycles. The molecule has 1 amide bonds. The summed E-state index contributed by atoms with van der Waals surface area (Å²) in [5.74, 6) is -0.892. The molecule has 1 aromatic heterocycles. The average molecular weight is 281 g/mol. The van der Waals surface area contributed by atoms with Crippen molar-refractivity contribution in [2.24, 2.45) is 0 Å². The number of hydrogen-bond donors (Lipinski definition) is 2. The van der Waals surface area contributed by atoms with E-state index in [2.05, 4.69) is 4.98 Å². The molecule has 110 valence electrons. The predicted octanol–water partition coefficient (Wildman–Crippen LogP) is 0.915. The molecule has 1 aliphatic heterocycles. The average Bonchev–Trinajstić information content (AvgIpc) is 2.93. The van der Waals surface area contributed by atoms with Crippen LogP contribution in [-0.4, -0.2) is 64.7 Å². The number of ether oxygens (including phenoxy) is 1. The van der Waals surface area contributed by atoms with Crippen LogP contribution in [0.25, 0.3) is 0 Å². The van der Waals surface area contributed by atoms with Crippen molar-refractivity contribution < 1.29 is 19.4 Å². The lowest BCUT2D eigenvalue weighted by molar-refractivity contribution is -0.144. The molecule has 0 spiro atoms. The van der Waals surface area contributed by atoms with Crippen molar-refractivity contribution in [2.75, 3.05) is 32.8 Å². The molecule has 0 aromatic carbocycles. The topological polar surface area (TPSA) is 85.9 Å². The number of aromatic amines is 1. The minimum Gasteiger partial charge on any atom is -0.480 e. The van der Waals surface area contributed by atoms with E-state index in [0.717, 1.165) is 0 Å². The van der Waals surface area contributed by atoms with Crippen LogP contribution < -0.4 is 0 Å². The van der Waals surface area contributed by atoms with Crippen LogP contribution in [0.5, 0.6) is 0 Å². The number of carboxylic acids is 1. The normalized spacial score (nSPS) is 17.8. The molecule has 1 atom stereocenters. The fraction of sp³-hybridized carbons (Fsp3) is 0.538. The molecule has 2 rings (SSSR count). The van der Waals surface area contributed by atoms with Gasteiger partial charge in [0.2, 0.25) is 0 Å². The van der Waals surface area contributed by atoms with Gasteiger partial charge in [-0.05, 0) is 19.1 Å². The highest BCUT2D eigenvalue weighted by Gasteiger charge is 2.32. The molecule has 1 aromatic rings. The molecule has 0 bridgehead atoms. The number of hydrogen-bond acceptors (Lipinski definition) is 4. The number of nitrogens with zero attached hydrogens (tertiary/aromatic N) is 2. The first-order valence-corrected chi connectivity index (χ1v) is 6.65. The summed E-state index contributed by atoms with van der Waals surface area (Å²) in [6.45, 7) is 4.08. The van der Waals surface area contributed by atoms with Crippen molar-refractivity contribution in [1.82, 2.24) is 14.8 Å². The van der Waals surface area contributed by atoms with Gasteiger partial charge in [-0.3, -0.25) is 9.69 Å². The minimum absolute atomic E-state index is 0.334. The maximum atomic E-state index is 11.6. The SMILES string of the molecule is CCOC(=O)N1CCN(C(C(=O)O)c2ccc[nH]2)CC1. The predicted molar refractivity (Wildman–Crippen MR) is 71.3 cm³/mol. The Morgan fingerprint density at radius 2 is 2.10 bits per heavy atom. The lowest BCUT2D eigenvalue weighted by atomic mass is 10.1. The zero-order valence-electron chi connectivity index (χ0n) is 11.4. The van der Waals surface area contributed by atoms with Crippen molar-refractivity contribution >= 4 is 12.1 Å². The van der Waals surface area contributed by atoms with Crippen molar-refractivity contribution in [3.05, 3.63) is 24.0 Å². The summed E-state index contributed by atoms with van der Waals surface area (Å²) in [7, 11) is 0. The Balaban J connectivity index is 1.98. The second-order valence-corrected chi connectivity index (χ2v) is 4.59. The van der Waals surface area contributed by atoms with Crippen molar-refractivity contribution in [3.63, 3.8) is 0 Å². The first-order valence-electron chi connectivity index (χ1n) is 6.65. The lowest BCUT2D eigenvalue weighted by Crippen LogP contribution is -2.51. The number of H-pyrrole nitrogens is 1. The molecular weight excluding hydrogens is 262 g/mol. The third-order valence-corrected chi connectivity index (χ3v) is 3.36. The van der Waals surface area contributed by atoms with Crippen molar-refractivity contribution in [1.29, 1.82) is 0 Å². The van der Waals surface area contributed by atoms with E-state index in [-0.39, 0.29) is 6.09 Å².